The highest BCUT2D eigenvalue weighted by atomic mass is 19.4. The molecule has 2 heterocycles. The Labute approximate surface area is 151 Å². The van der Waals surface area contributed by atoms with Crippen LogP contribution in [0.5, 0.6) is 0 Å². The number of benzene rings is 1. The zero-order valence-electron chi connectivity index (χ0n) is 14.8. The van der Waals surface area contributed by atoms with Crippen molar-refractivity contribution in [3.8, 4) is 0 Å². The summed E-state index contributed by atoms with van der Waals surface area (Å²) in [6.07, 6.45) is -2.91. The number of rotatable bonds is 6. The van der Waals surface area contributed by atoms with Crippen molar-refractivity contribution in [3.05, 3.63) is 41.1 Å². The molecule has 1 fully saturated rings. The van der Waals surface area contributed by atoms with Gasteiger partial charge in [-0.15, -0.1) is 0 Å². The van der Waals surface area contributed by atoms with E-state index in [0.29, 0.717) is 23.2 Å². The molecule has 1 aliphatic heterocycles. The summed E-state index contributed by atoms with van der Waals surface area (Å²) in [5.41, 5.74) is 0.0628. The Hall–Kier alpha value is -1.70. The highest BCUT2D eigenvalue weighted by Gasteiger charge is 2.33. The number of nitrogens with zero attached hydrogens (tertiary/aromatic N) is 2. The normalized spacial score (nSPS) is 17.1. The van der Waals surface area contributed by atoms with Crippen molar-refractivity contribution in [2.75, 3.05) is 32.7 Å². The van der Waals surface area contributed by atoms with Gasteiger partial charge in [0.2, 0.25) is 0 Å². The molecular weight excluding hydrogens is 343 g/mol. The van der Waals surface area contributed by atoms with Crippen molar-refractivity contribution in [3.63, 3.8) is 0 Å². The lowest BCUT2D eigenvalue weighted by atomic mass is 10.00. The molecule has 1 saturated heterocycles. The average molecular weight is 367 g/mol. The van der Waals surface area contributed by atoms with Gasteiger partial charge < -0.3 is 15.3 Å². The molecule has 0 amide bonds. The molecule has 0 bridgehead atoms. The minimum atomic E-state index is -4.48. The predicted molar refractivity (Wildman–Crippen MR) is 95.0 cm³/mol. The Morgan fingerprint density at radius 2 is 2.00 bits per heavy atom. The molecule has 1 aromatic carbocycles. The predicted octanol–water partition coefficient (Wildman–Crippen LogP) is 3.28. The maximum Gasteiger partial charge on any atom is 0.418 e. The molecule has 142 valence electrons. The number of halogens is 3. The van der Waals surface area contributed by atoms with E-state index in [2.05, 4.69) is 15.2 Å². The zero-order valence-corrected chi connectivity index (χ0v) is 14.8. The van der Waals surface area contributed by atoms with E-state index in [0.717, 1.165) is 32.2 Å². The molecule has 0 saturated carbocycles. The minimum Gasteiger partial charge on any atom is -0.387 e. The van der Waals surface area contributed by atoms with Gasteiger partial charge in [-0.3, -0.25) is 4.98 Å². The fourth-order valence-corrected chi connectivity index (χ4v) is 3.50. The van der Waals surface area contributed by atoms with Gasteiger partial charge in [0.25, 0.3) is 0 Å². The number of aryl methyl sites for hydroxylation is 1. The number of likely N-dealkylation sites (tertiary alicyclic amines) is 1. The van der Waals surface area contributed by atoms with Crippen LogP contribution in [0.4, 0.5) is 13.2 Å². The first-order valence-corrected chi connectivity index (χ1v) is 8.95. The third-order valence-corrected chi connectivity index (χ3v) is 4.81. The summed E-state index contributed by atoms with van der Waals surface area (Å²) in [4.78, 5) is 6.44. The first-order chi connectivity index (χ1) is 12.4. The van der Waals surface area contributed by atoms with Gasteiger partial charge in [-0.05, 0) is 50.6 Å². The number of hydrogen-bond acceptors (Lipinski definition) is 4. The lowest BCUT2D eigenvalue weighted by molar-refractivity contribution is -0.136. The molecule has 7 heteroatoms. The van der Waals surface area contributed by atoms with E-state index in [4.69, 9.17) is 0 Å². The molecule has 1 aromatic heterocycles. The molecule has 0 radical (unpaired) electrons. The number of nitrogens with one attached hydrogen (secondary N) is 1. The summed E-state index contributed by atoms with van der Waals surface area (Å²) >= 11 is 0. The largest absolute Gasteiger partial charge is 0.418 e. The number of alkyl halides is 3. The van der Waals surface area contributed by atoms with Crippen LogP contribution in [0, 0.1) is 6.92 Å². The molecule has 1 atom stereocenters. The van der Waals surface area contributed by atoms with Crippen molar-refractivity contribution in [2.24, 2.45) is 0 Å². The van der Waals surface area contributed by atoms with Crippen molar-refractivity contribution in [1.82, 2.24) is 15.2 Å². The van der Waals surface area contributed by atoms with Gasteiger partial charge in [-0.25, -0.2) is 0 Å². The average Bonchev–Trinajstić information content (AvgIpc) is 3.09. The molecule has 0 aliphatic carbocycles. The van der Waals surface area contributed by atoms with Crippen LogP contribution in [0.15, 0.2) is 24.3 Å². The smallest absolute Gasteiger partial charge is 0.387 e. The van der Waals surface area contributed by atoms with Crippen LogP contribution >= 0.6 is 0 Å². The van der Waals surface area contributed by atoms with Gasteiger partial charge in [0, 0.05) is 30.7 Å². The number of aliphatic hydroxyl groups excluding tert-OH is 1. The van der Waals surface area contributed by atoms with E-state index in [1.165, 1.54) is 18.9 Å². The van der Waals surface area contributed by atoms with Crippen LogP contribution in [-0.2, 0) is 6.18 Å². The molecule has 4 nitrogen and oxygen atoms in total. The Kier molecular flexibility index (Phi) is 5.79. The van der Waals surface area contributed by atoms with E-state index in [9.17, 15) is 18.3 Å². The second kappa shape index (κ2) is 7.90. The van der Waals surface area contributed by atoms with Gasteiger partial charge in [-0.1, -0.05) is 12.1 Å². The van der Waals surface area contributed by atoms with Gasteiger partial charge >= 0.3 is 6.18 Å². The standard InChI is InChI=1S/C19H24F3N3O/c1-13-11-15(17(26)12-23-7-10-25-8-2-3-9-25)14-5-4-6-16(18(14)24-13)19(20,21)22/h4-6,11,17,23,26H,2-3,7-10,12H2,1H3. The fourth-order valence-electron chi connectivity index (χ4n) is 3.50. The van der Waals surface area contributed by atoms with Crippen LogP contribution in [-0.4, -0.2) is 47.7 Å². The Bertz CT molecular complexity index is 758. The highest BCUT2D eigenvalue weighted by molar-refractivity contribution is 5.86. The first kappa shape index (κ1) is 19.1. The van der Waals surface area contributed by atoms with Crippen LogP contribution in [0.25, 0.3) is 10.9 Å². The molecule has 1 aliphatic rings. The van der Waals surface area contributed by atoms with Gasteiger partial charge in [-0.2, -0.15) is 13.2 Å². The number of pyridine rings is 1. The molecule has 0 spiro atoms. The Morgan fingerprint density at radius 3 is 2.69 bits per heavy atom. The molecule has 2 aromatic rings. The topological polar surface area (TPSA) is 48.4 Å². The molecule has 2 N–H and O–H groups in total. The highest BCUT2D eigenvalue weighted by Crippen LogP contribution is 2.36. The van der Waals surface area contributed by atoms with E-state index in [1.54, 1.807) is 19.1 Å². The summed E-state index contributed by atoms with van der Waals surface area (Å²) < 4.78 is 39.8. The second-order valence-electron chi connectivity index (χ2n) is 6.82. The van der Waals surface area contributed by atoms with Crippen LogP contribution in [0.1, 0.15) is 35.8 Å². The number of para-hydroxylation sites is 1. The monoisotopic (exact) mass is 367 g/mol. The maximum absolute atomic E-state index is 13.3. The number of aliphatic hydroxyl groups is 1. The minimum absolute atomic E-state index is 0.105. The zero-order chi connectivity index (χ0) is 18.7. The lowest BCUT2D eigenvalue weighted by Gasteiger charge is -2.19. The number of hydrogen-bond donors (Lipinski definition) is 2. The Morgan fingerprint density at radius 1 is 1.27 bits per heavy atom. The van der Waals surface area contributed by atoms with Crippen molar-refractivity contribution >= 4 is 10.9 Å². The van der Waals surface area contributed by atoms with Gasteiger partial charge in [0.05, 0.1) is 17.2 Å². The van der Waals surface area contributed by atoms with Gasteiger partial charge in [0.1, 0.15) is 0 Å². The number of fused-ring (bicyclic) bond motifs is 1. The van der Waals surface area contributed by atoms with E-state index < -0.39 is 17.8 Å². The summed E-state index contributed by atoms with van der Waals surface area (Å²) in [5, 5.41) is 14.1. The summed E-state index contributed by atoms with van der Waals surface area (Å²) in [7, 11) is 0. The Balaban J connectivity index is 1.76. The molecular formula is C19H24F3N3O. The van der Waals surface area contributed by atoms with Crippen molar-refractivity contribution in [1.29, 1.82) is 0 Å². The quantitative estimate of drug-likeness (QED) is 0.770. The lowest BCUT2D eigenvalue weighted by Crippen LogP contribution is -2.32. The molecule has 3 rings (SSSR count). The van der Waals surface area contributed by atoms with Crippen LogP contribution in [0.2, 0.25) is 0 Å². The maximum atomic E-state index is 13.3. The summed E-state index contributed by atoms with van der Waals surface area (Å²) in [5.74, 6) is 0. The molecule has 26 heavy (non-hydrogen) atoms. The van der Waals surface area contributed by atoms with E-state index >= 15 is 0 Å². The van der Waals surface area contributed by atoms with Crippen LogP contribution in [0.3, 0.4) is 0 Å². The fraction of sp³-hybridized carbons (Fsp3) is 0.526. The van der Waals surface area contributed by atoms with Crippen molar-refractivity contribution < 1.29 is 18.3 Å². The third kappa shape index (κ3) is 4.34. The van der Waals surface area contributed by atoms with E-state index in [-0.39, 0.29) is 5.52 Å². The summed E-state index contributed by atoms with van der Waals surface area (Å²) in [6.45, 7) is 5.82. The SMILES string of the molecule is Cc1cc(C(O)CNCCN2CCCC2)c2cccc(C(F)(F)F)c2n1. The van der Waals surface area contributed by atoms with E-state index in [1.807, 2.05) is 0 Å². The van der Waals surface area contributed by atoms with Gasteiger partial charge in [0.15, 0.2) is 0 Å². The second-order valence-corrected chi connectivity index (χ2v) is 6.82. The molecule has 1 unspecified atom stereocenters. The third-order valence-electron chi connectivity index (χ3n) is 4.81. The number of aromatic nitrogens is 1. The first-order valence-electron chi connectivity index (χ1n) is 8.95. The van der Waals surface area contributed by atoms with Crippen molar-refractivity contribution in [2.45, 2.75) is 32.0 Å². The van der Waals surface area contributed by atoms with Crippen LogP contribution < -0.4 is 5.32 Å². The summed E-state index contributed by atoms with van der Waals surface area (Å²) in [6, 6.07) is 5.63.